The van der Waals surface area contributed by atoms with Gasteiger partial charge in [-0.15, -0.1) is 0 Å². The topological polar surface area (TPSA) is 52.6 Å². The molecule has 0 saturated carbocycles. The molecule has 0 unspecified atom stereocenters. The van der Waals surface area contributed by atoms with Gasteiger partial charge in [0.1, 0.15) is 0 Å². The van der Waals surface area contributed by atoms with E-state index in [2.05, 4.69) is 6.92 Å². The van der Waals surface area contributed by atoms with E-state index in [0.29, 0.717) is 6.61 Å². The molecule has 4 nitrogen and oxygen atoms in total. The van der Waals surface area contributed by atoms with Crippen LogP contribution in [0.1, 0.15) is 32.6 Å². The van der Waals surface area contributed by atoms with E-state index in [1.165, 1.54) is 0 Å². The zero-order valence-electron chi connectivity index (χ0n) is 9.49. The van der Waals surface area contributed by atoms with Gasteiger partial charge in [-0.05, 0) is 24.7 Å². The third kappa shape index (κ3) is 4.49. The van der Waals surface area contributed by atoms with Gasteiger partial charge in [0, 0.05) is 13.2 Å². The SMILES string of the molecule is CCC1(CCOS(C)(=O)=O)CCOCC1. The second-order valence-electron chi connectivity index (χ2n) is 4.24. The summed E-state index contributed by atoms with van der Waals surface area (Å²) in [5.74, 6) is 0. The summed E-state index contributed by atoms with van der Waals surface area (Å²) in [6.07, 6.45) is 4.98. The Morgan fingerprint density at radius 1 is 1.33 bits per heavy atom. The summed E-state index contributed by atoms with van der Waals surface area (Å²) in [6, 6.07) is 0. The number of hydrogen-bond donors (Lipinski definition) is 0. The number of hydrogen-bond acceptors (Lipinski definition) is 4. The molecule has 1 aliphatic rings. The lowest BCUT2D eigenvalue weighted by molar-refractivity contribution is 0.00226. The molecule has 0 aliphatic carbocycles. The normalized spacial score (nSPS) is 21.5. The van der Waals surface area contributed by atoms with Crippen LogP contribution in [0.5, 0.6) is 0 Å². The minimum absolute atomic E-state index is 0.225. The van der Waals surface area contributed by atoms with Gasteiger partial charge >= 0.3 is 0 Å². The first kappa shape index (κ1) is 12.9. The Bertz CT molecular complexity index is 278. The Hall–Kier alpha value is -0.130. The summed E-state index contributed by atoms with van der Waals surface area (Å²) in [6.45, 7) is 4.01. The van der Waals surface area contributed by atoms with Crippen molar-refractivity contribution in [1.82, 2.24) is 0 Å². The minimum atomic E-state index is -3.29. The first-order valence-electron chi connectivity index (χ1n) is 5.40. The van der Waals surface area contributed by atoms with Crippen molar-refractivity contribution in [2.75, 3.05) is 26.1 Å². The van der Waals surface area contributed by atoms with Gasteiger partial charge < -0.3 is 4.74 Å². The molecule has 1 fully saturated rings. The zero-order chi connectivity index (χ0) is 11.4. The predicted molar refractivity (Wildman–Crippen MR) is 58.2 cm³/mol. The third-order valence-electron chi connectivity index (χ3n) is 3.23. The molecule has 0 aromatic rings. The summed E-state index contributed by atoms with van der Waals surface area (Å²) in [7, 11) is -3.29. The molecule has 1 heterocycles. The van der Waals surface area contributed by atoms with E-state index in [1.54, 1.807) is 0 Å². The molecule has 0 amide bonds. The fourth-order valence-electron chi connectivity index (χ4n) is 1.99. The first-order chi connectivity index (χ1) is 6.97. The average Bonchev–Trinajstić information content (AvgIpc) is 2.17. The van der Waals surface area contributed by atoms with E-state index >= 15 is 0 Å². The van der Waals surface area contributed by atoms with Gasteiger partial charge in [-0.25, -0.2) is 0 Å². The molecule has 15 heavy (non-hydrogen) atoms. The molecule has 1 aliphatic heterocycles. The fraction of sp³-hybridized carbons (Fsp3) is 1.00. The molecule has 1 saturated heterocycles. The molecule has 0 spiro atoms. The molecule has 0 atom stereocenters. The summed E-state index contributed by atoms with van der Waals surface area (Å²) in [4.78, 5) is 0. The maximum Gasteiger partial charge on any atom is 0.264 e. The van der Waals surface area contributed by atoms with Gasteiger partial charge in [-0.1, -0.05) is 13.3 Å². The maximum atomic E-state index is 10.8. The second kappa shape index (κ2) is 5.27. The van der Waals surface area contributed by atoms with Crippen LogP contribution in [0.25, 0.3) is 0 Å². The molecule has 5 heteroatoms. The highest BCUT2D eigenvalue weighted by Gasteiger charge is 2.30. The fourth-order valence-corrected chi connectivity index (χ4v) is 2.38. The first-order valence-corrected chi connectivity index (χ1v) is 7.21. The van der Waals surface area contributed by atoms with Gasteiger partial charge in [0.05, 0.1) is 12.9 Å². The quantitative estimate of drug-likeness (QED) is 0.680. The molecule has 0 N–H and O–H groups in total. The van der Waals surface area contributed by atoms with Crippen LogP contribution in [0.2, 0.25) is 0 Å². The van der Waals surface area contributed by atoms with Gasteiger partial charge in [0.15, 0.2) is 0 Å². The highest BCUT2D eigenvalue weighted by atomic mass is 32.2. The molecule has 0 aromatic heterocycles. The monoisotopic (exact) mass is 236 g/mol. The molecule has 90 valence electrons. The standard InChI is InChI=1S/C10H20O4S/c1-3-10(4-7-13-8-5-10)6-9-14-15(2,11)12/h3-9H2,1-2H3. The van der Waals surface area contributed by atoms with Crippen LogP contribution < -0.4 is 0 Å². The molecule has 0 aromatic carbocycles. The minimum Gasteiger partial charge on any atom is -0.381 e. The predicted octanol–water partition coefficient (Wildman–Crippen LogP) is 1.56. The summed E-state index contributed by atoms with van der Waals surface area (Å²) in [5.41, 5.74) is 0.225. The van der Waals surface area contributed by atoms with Crippen molar-refractivity contribution in [3.05, 3.63) is 0 Å². The highest BCUT2D eigenvalue weighted by molar-refractivity contribution is 7.85. The van der Waals surface area contributed by atoms with Crippen molar-refractivity contribution in [2.24, 2.45) is 5.41 Å². The largest absolute Gasteiger partial charge is 0.381 e. The maximum absolute atomic E-state index is 10.8. The Labute approximate surface area is 92.1 Å². The van der Waals surface area contributed by atoms with Crippen LogP contribution >= 0.6 is 0 Å². The Balaban J connectivity index is 2.39. The van der Waals surface area contributed by atoms with E-state index in [0.717, 1.165) is 45.2 Å². The van der Waals surface area contributed by atoms with E-state index in [4.69, 9.17) is 8.92 Å². The van der Waals surface area contributed by atoms with E-state index in [-0.39, 0.29) is 5.41 Å². The lowest BCUT2D eigenvalue weighted by Crippen LogP contribution is -2.30. The van der Waals surface area contributed by atoms with E-state index in [9.17, 15) is 8.42 Å². The van der Waals surface area contributed by atoms with Crippen molar-refractivity contribution in [1.29, 1.82) is 0 Å². The van der Waals surface area contributed by atoms with Gasteiger partial charge in [-0.2, -0.15) is 8.42 Å². The van der Waals surface area contributed by atoms with Crippen molar-refractivity contribution in [2.45, 2.75) is 32.6 Å². The van der Waals surface area contributed by atoms with Crippen LogP contribution in [0.4, 0.5) is 0 Å². The Morgan fingerprint density at radius 3 is 2.40 bits per heavy atom. The van der Waals surface area contributed by atoms with Crippen LogP contribution in [-0.4, -0.2) is 34.5 Å². The molecule has 1 rings (SSSR count). The molecular formula is C10H20O4S. The molecule has 0 bridgehead atoms. The van der Waals surface area contributed by atoms with E-state index < -0.39 is 10.1 Å². The lowest BCUT2D eigenvalue weighted by Gasteiger charge is -2.36. The van der Waals surface area contributed by atoms with Crippen LogP contribution in [0.15, 0.2) is 0 Å². The van der Waals surface area contributed by atoms with Gasteiger partial charge in [-0.3, -0.25) is 4.18 Å². The van der Waals surface area contributed by atoms with Crippen molar-refractivity contribution >= 4 is 10.1 Å². The zero-order valence-corrected chi connectivity index (χ0v) is 10.3. The summed E-state index contributed by atoms with van der Waals surface area (Å²) >= 11 is 0. The Kier molecular flexibility index (Phi) is 4.55. The van der Waals surface area contributed by atoms with Crippen LogP contribution in [0, 0.1) is 5.41 Å². The summed E-state index contributed by atoms with van der Waals surface area (Å²) in [5, 5.41) is 0. The average molecular weight is 236 g/mol. The summed E-state index contributed by atoms with van der Waals surface area (Å²) < 4.78 is 31.7. The van der Waals surface area contributed by atoms with Gasteiger partial charge in [0.25, 0.3) is 10.1 Å². The number of ether oxygens (including phenoxy) is 1. The smallest absolute Gasteiger partial charge is 0.264 e. The number of rotatable bonds is 5. The molecule has 0 radical (unpaired) electrons. The van der Waals surface area contributed by atoms with Crippen molar-refractivity contribution in [3.8, 4) is 0 Å². The van der Waals surface area contributed by atoms with E-state index in [1.807, 2.05) is 0 Å². The molecular weight excluding hydrogens is 216 g/mol. The second-order valence-corrected chi connectivity index (χ2v) is 5.89. The highest BCUT2D eigenvalue weighted by Crippen LogP contribution is 2.37. The van der Waals surface area contributed by atoms with Crippen molar-refractivity contribution < 1.29 is 17.3 Å². The van der Waals surface area contributed by atoms with Gasteiger partial charge in [0.2, 0.25) is 0 Å². The van der Waals surface area contributed by atoms with Crippen LogP contribution in [-0.2, 0) is 19.0 Å². The van der Waals surface area contributed by atoms with Crippen molar-refractivity contribution in [3.63, 3.8) is 0 Å². The lowest BCUT2D eigenvalue weighted by atomic mass is 9.75. The van der Waals surface area contributed by atoms with Crippen LogP contribution in [0.3, 0.4) is 0 Å². The third-order valence-corrected chi connectivity index (χ3v) is 3.83. The Morgan fingerprint density at radius 2 is 1.93 bits per heavy atom.